The van der Waals surface area contributed by atoms with Crippen molar-refractivity contribution < 1.29 is 104 Å². The van der Waals surface area contributed by atoms with Crippen LogP contribution in [0.15, 0.2) is 11.6 Å². The third-order valence-electron chi connectivity index (χ3n) is 21.0. The molecule has 0 aromatic rings. The monoisotopic (exact) mass is 1070 g/mol. The van der Waals surface area contributed by atoms with Gasteiger partial charge in [0.2, 0.25) is 6.29 Å². The Kier molecular flexibility index (Phi) is 16.1. The van der Waals surface area contributed by atoms with E-state index in [0.717, 1.165) is 18.4 Å². The lowest BCUT2D eigenvalue weighted by Crippen LogP contribution is -2.68. The molecule has 4 aliphatic heterocycles. The molecule has 0 spiro atoms. The van der Waals surface area contributed by atoms with Gasteiger partial charge < -0.3 is 94.1 Å². The smallest absolute Gasteiger partial charge is 0.322 e. The van der Waals surface area contributed by atoms with Crippen LogP contribution >= 0.6 is 0 Å². The Morgan fingerprint density at radius 3 is 1.92 bits per heavy atom. The number of carbonyl (C=O) groups is 2. The van der Waals surface area contributed by atoms with Crippen LogP contribution in [0.2, 0.25) is 0 Å². The highest BCUT2D eigenvalue weighted by molar-refractivity contribution is 6.06. The van der Waals surface area contributed by atoms with Crippen LogP contribution in [-0.2, 0) is 47.5 Å². The highest BCUT2D eigenvalue weighted by Gasteiger charge is 2.72. The van der Waals surface area contributed by atoms with Gasteiger partial charge >= 0.3 is 5.97 Å². The fourth-order valence-corrected chi connectivity index (χ4v) is 16.2. The first-order valence-corrected chi connectivity index (χ1v) is 27.4. The molecule has 21 nitrogen and oxygen atoms in total. The number of aliphatic hydroxyl groups excluding tert-OH is 11. The number of allylic oxidation sites excluding steroid dienone is 2. The molecule has 11 N–H and O–H groups in total. The van der Waals surface area contributed by atoms with Crippen LogP contribution in [0.25, 0.3) is 0 Å². The number of aliphatic hydroxyl groups is 11. The van der Waals surface area contributed by atoms with E-state index in [4.69, 9.17) is 37.9 Å². The molecule has 21 heteroatoms. The van der Waals surface area contributed by atoms with Crippen LogP contribution in [0.5, 0.6) is 0 Å². The molecule has 4 saturated carbocycles. The van der Waals surface area contributed by atoms with Crippen molar-refractivity contribution in [3.05, 3.63) is 11.6 Å². The Balaban J connectivity index is 0.896. The molecule has 0 amide bonds. The molecular formula is C54H86O21. The van der Waals surface area contributed by atoms with E-state index in [1.54, 1.807) is 6.92 Å². The first-order valence-electron chi connectivity index (χ1n) is 27.4. The van der Waals surface area contributed by atoms with Gasteiger partial charge in [0.05, 0.1) is 50.3 Å². The molecule has 9 rings (SSSR count). The summed E-state index contributed by atoms with van der Waals surface area (Å²) in [6.07, 6.45) is -17.6. The number of carbonyl (C=O) groups excluding carboxylic acids is 2. The number of esters is 1. The van der Waals surface area contributed by atoms with E-state index in [1.165, 1.54) is 6.92 Å². The molecule has 4 heterocycles. The maximum Gasteiger partial charge on any atom is 0.322 e. The van der Waals surface area contributed by atoms with E-state index in [-0.39, 0.29) is 60.7 Å². The first-order chi connectivity index (χ1) is 35.1. The summed E-state index contributed by atoms with van der Waals surface area (Å²) < 4.78 is 47.8. The van der Waals surface area contributed by atoms with E-state index in [2.05, 4.69) is 40.7 Å². The van der Waals surface area contributed by atoms with Gasteiger partial charge in [-0.2, -0.15) is 0 Å². The standard InChI is InChI=1S/C54H86O21/c1-24-38(60)41(63)43(65)46(69-24)73-35-12-13-50(5)32(51(35,6)23-56)11-14-52(7)33(50)10-9-26-27-19-49(3,4)15-16-54(27,34(59)20-53(26,52)8)48(67)74-37-17-28(57)40(62)31(72-37)22-68-36-18-29(58)45(30(21-55)71-36)75-47-44(66)42(64)39(61)25(2)70-47/h9,24-25,27-33,35-47,55-58,60-66H,10-23H2,1-8H3/t24-,25-,27?,28+,29+,30+,31+,32?,33?,35-,36+,37-,38-,39-,40-,41+,42+,43+,44+,45-,46-,47-,50-,51-,52+,53+,54+/m0/s1. The van der Waals surface area contributed by atoms with Gasteiger partial charge in [-0.1, -0.05) is 53.2 Å². The minimum atomic E-state index is -1.67. The van der Waals surface area contributed by atoms with Crippen molar-refractivity contribution in [2.75, 3.05) is 19.8 Å². The average molecular weight is 1070 g/mol. The second-order valence-corrected chi connectivity index (χ2v) is 25.8. The predicted molar refractivity (Wildman–Crippen MR) is 259 cm³/mol. The summed E-state index contributed by atoms with van der Waals surface area (Å²) in [5, 5.41) is 118. The summed E-state index contributed by atoms with van der Waals surface area (Å²) in [5.74, 6) is -1.39. The highest BCUT2D eigenvalue weighted by Crippen LogP contribution is 2.75. The topological polar surface area (TPSA) is 331 Å². The SMILES string of the molecule is C[C@@H]1O[C@@H](O[C@H]2[C@H](O)C[C@H](OC[C@H]3O[C@@H](OC(=O)[C@]45CCC(C)(C)CC4C4=CCC6[C@@]7(C)CC[C@H](O[C@@H]8O[C@@H](C)[C@H](O)[C@@H](O)[C@H]8O)[C@@](C)(CO)C7CC[C@@]6(C)[C@]4(C)CC5=O)C[C@@H](O)[C@@H]3O)O[C@@H]2CO)[C@H](O)[C@H](O)[C@H]1O. The summed E-state index contributed by atoms with van der Waals surface area (Å²) in [6.45, 7) is 14.9. The molecule has 0 aromatic carbocycles. The number of hydrogen-bond acceptors (Lipinski definition) is 21. The highest BCUT2D eigenvalue weighted by atomic mass is 16.7. The largest absolute Gasteiger partial charge is 0.435 e. The third-order valence-corrected chi connectivity index (χ3v) is 21.0. The second-order valence-electron chi connectivity index (χ2n) is 25.8. The second kappa shape index (κ2) is 20.9. The molecule has 428 valence electrons. The van der Waals surface area contributed by atoms with Crippen molar-refractivity contribution >= 4 is 11.8 Å². The van der Waals surface area contributed by atoms with Gasteiger partial charge in [-0.15, -0.1) is 0 Å². The maximum atomic E-state index is 15.4. The van der Waals surface area contributed by atoms with Gasteiger partial charge in [0.15, 0.2) is 24.7 Å². The lowest BCUT2D eigenvalue weighted by molar-refractivity contribution is -0.343. The van der Waals surface area contributed by atoms with Crippen molar-refractivity contribution in [2.45, 2.75) is 243 Å². The Hall–Kier alpha value is -1.84. The van der Waals surface area contributed by atoms with Crippen molar-refractivity contribution in [2.24, 2.45) is 50.2 Å². The lowest BCUT2D eigenvalue weighted by Gasteiger charge is -2.71. The summed E-state index contributed by atoms with van der Waals surface area (Å²) in [6, 6.07) is 0. The first kappa shape index (κ1) is 57.8. The van der Waals surface area contributed by atoms with Gasteiger partial charge in [-0.25, -0.2) is 0 Å². The molecule has 8 fully saturated rings. The van der Waals surface area contributed by atoms with Crippen molar-refractivity contribution in [1.82, 2.24) is 0 Å². The van der Waals surface area contributed by atoms with E-state index >= 15 is 9.59 Å². The average Bonchev–Trinajstić information content (AvgIpc) is 3.37. The number of hydrogen-bond donors (Lipinski definition) is 11. The van der Waals surface area contributed by atoms with E-state index in [9.17, 15) is 56.2 Å². The van der Waals surface area contributed by atoms with Crippen LogP contribution in [0.1, 0.15) is 126 Å². The summed E-state index contributed by atoms with van der Waals surface area (Å²) in [5.41, 5.74) is -2.82. The quantitative estimate of drug-likeness (QED) is 0.0571. The van der Waals surface area contributed by atoms with Crippen molar-refractivity contribution in [3.63, 3.8) is 0 Å². The van der Waals surface area contributed by atoms with Gasteiger partial charge in [0.25, 0.3) is 0 Å². The fraction of sp³-hybridized carbons (Fsp3) is 0.926. The number of ether oxygens (including phenoxy) is 8. The number of ketones is 1. The Labute approximate surface area is 438 Å². The molecule has 4 saturated heterocycles. The van der Waals surface area contributed by atoms with Crippen LogP contribution < -0.4 is 0 Å². The van der Waals surface area contributed by atoms with Crippen LogP contribution in [-0.4, -0.2) is 204 Å². The number of rotatable bonds is 11. The molecule has 75 heavy (non-hydrogen) atoms. The van der Waals surface area contributed by atoms with Gasteiger partial charge in [-0.05, 0) is 93.3 Å². The summed E-state index contributed by atoms with van der Waals surface area (Å²) in [7, 11) is 0. The summed E-state index contributed by atoms with van der Waals surface area (Å²) >= 11 is 0. The van der Waals surface area contributed by atoms with E-state index in [0.29, 0.717) is 32.1 Å². The Morgan fingerprint density at radius 2 is 1.29 bits per heavy atom. The maximum absolute atomic E-state index is 15.4. The zero-order chi connectivity index (χ0) is 54.7. The Morgan fingerprint density at radius 1 is 0.680 bits per heavy atom. The molecule has 0 bridgehead atoms. The van der Waals surface area contributed by atoms with Gasteiger partial charge in [0.1, 0.15) is 66.5 Å². The van der Waals surface area contributed by atoms with Crippen molar-refractivity contribution in [3.8, 4) is 0 Å². The molecule has 5 aliphatic carbocycles. The van der Waals surface area contributed by atoms with Crippen LogP contribution in [0.3, 0.4) is 0 Å². The summed E-state index contributed by atoms with van der Waals surface area (Å²) in [4.78, 5) is 30.5. The van der Waals surface area contributed by atoms with Crippen LogP contribution in [0, 0.1) is 50.2 Å². The minimum Gasteiger partial charge on any atom is -0.435 e. The zero-order valence-electron chi connectivity index (χ0n) is 44.7. The fourth-order valence-electron chi connectivity index (χ4n) is 16.2. The molecule has 9 aliphatic rings. The number of Topliss-reactive ketones (excluding diaryl/α,β-unsaturated/α-hetero) is 1. The van der Waals surface area contributed by atoms with Crippen molar-refractivity contribution in [1.29, 1.82) is 0 Å². The van der Waals surface area contributed by atoms with E-state index in [1.807, 2.05) is 6.92 Å². The van der Waals surface area contributed by atoms with E-state index < -0.39 is 163 Å². The third kappa shape index (κ3) is 9.52. The van der Waals surface area contributed by atoms with Gasteiger partial charge in [0, 0.05) is 36.0 Å². The molecule has 27 atom stereocenters. The molecule has 0 radical (unpaired) electrons. The normalized spacial score (nSPS) is 53.9. The predicted octanol–water partition coefficient (Wildman–Crippen LogP) is 0.230. The number of fused-ring (bicyclic) bond motifs is 7. The molecule has 0 aromatic heterocycles. The Bertz CT molecular complexity index is 2110. The molecule has 3 unspecified atom stereocenters. The van der Waals surface area contributed by atoms with Gasteiger partial charge in [-0.3, -0.25) is 9.59 Å². The molecular weight excluding hydrogens is 985 g/mol. The zero-order valence-corrected chi connectivity index (χ0v) is 44.7. The lowest BCUT2D eigenvalue weighted by atomic mass is 9.33. The van der Waals surface area contributed by atoms with Crippen LogP contribution in [0.4, 0.5) is 0 Å². The minimum absolute atomic E-state index is 0.0268.